The lowest BCUT2D eigenvalue weighted by Crippen LogP contribution is -2.76. The number of carbonyl (C=O) groups is 4. The fraction of sp³-hybridized carbons (Fsp3) is 0.520. The number of phenolic OH excluding ortho intramolecular Hbond substituents is 1. The standard InChI is InChI=1S/C19H21NO4.C6H8O7/c1-2-8-20-9-7-18-15-11-3-4-12(21)16(15)24-17(18)13(22)5-6-19(18,23)14(20)10-11;7-3(8)1-6(13,5(11)12)2-4(9)10/h2-4,14,17,21,23H,1,5-10H2;13H,1-2H2,(H,7,8)(H,9,10)(H,11,12)/t14-,17+,18+,19-;/m1./s1. The van der Waals surface area contributed by atoms with Gasteiger partial charge in [-0.25, -0.2) is 4.79 Å². The minimum atomic E-state index is -2.74. The van der Waals surface area contributed by atoms with Crippen LogP contribution in [0.1, 0.15) is 43.2 Å². The first-order valence-corrected chi connectivity index (χ1v) is 11.8. The van der Waals surface area contributed by atoms with Gasteiger partial charge >= 0.3 is 17.9 Å². The summed E-state index contributed by atoms with van der Waals surface area (Å²) in [5.74, 6) is -4.49. The number of piperidine rings is 1. The normalized spacial score (nSPS) is 29.3. The number of aromatic hydroxyl groups is 1. The summed E-state index contributed by atoms with van der Waals surface area (Å²) < 4.78 is 5.98. The molecule has 2 aliphatic heterocycles. The molecule has 0 unspecified atom stereocenters. The third-order valence-corrected chi connectivity index (χ3v) is 8.02. The highest BCUT2D eigenvalue weighted by Crippen LogP contribution is 2.64. The van der Waals surface area contributed by atoms with Crippen molar-refractivity contribution in [1.82, 2.24) is 4.90 Å². The summed E-state index contributed by atoms with van der Waals surface area (Å²) in [4.78, 5) is 45.4. The SMILES string of the molecule is C=CCN1CC[C@]23c4c5ccc(O)c4O[C@H]2C(=O)CC[C@@]3(O)[C@H]1C5.O=C(O)CC(O)(CC(=O)O)C(=O)O. The Bertz CT molecular complexity index is 1160. The maximum Gasteiger partial charge on any atom is 0.336 e. The predicted octanol–water partition coefficient (Wildman–Crippen LogP) is 0.0529. The van der Waals surface area contributed by atoms with Crippen molar-refractivity contribution in [3.8, 4) is 11.5 Å². The fourth-order valence-electron chi connectivity index (χ4n) is 6.51. The Morgan fingerprint density at radius 1 is 1.16 bits per heavy atom. The Labute approximate surface area is 211 Å². The van der Waals surface area contributed by atoms with Gasteiger partial charge in [0.1, 0.15) is 0 Å². The molecule has 0 amide bonds. The summed E-state index contributed by atoms with van der Waals surface area (Å²) in [6.45, 7) is 5.36. The van der Waals surface area contributed by atoms with E-state index in [9.17, 15) is 29.4 Å². The lowest BCUT2D eigenvalue weighted by molar-refractivity contribution is -0.187. The van der Waals surface area contributed by atoms with Crippen LogP contribution in [0.25, 0.3) is 0 Å². The average Bonchev–Trinajstić information content (AvgIpc) is 3.15. The van der Waals surface area contributed by atoms with E-state index in [1.807, 2.05) is 12.1 Å². The summed E-state index contributed by atoms with van der Waals surface area (Å²) >= 11 is 0. The molecule has 200 valence electrons. The van der Waals surface area contributed by atoms with Crippen LogP contribution < -0.4 is 4.74 Å². The van der Waals surface area contributed by atoms with E-state index in [2.05, 4.69) is 11.5 Å². The number of rotatable bonds is 7. The van der Waals surface area contributed by atoms with Crippen LogP contribution in [0.2, 0.25) is 0 Å². The van der Waals surface area contributed by atoms with E-state index in [0.29, 0.717) is 31.4 Å². The molecule has 0 radical (unpaired) electrons. The minimum Gasteiger partial charge on any atom is -0.504 e. The Morgan fingerprint density at radius 2 is 1.81 bits per heavy atom. The van der Waals surface area contributed by atoms with E-state index in [1.54, 1.807) is 6.07 Å². The Balaban J connectivity index is 0.000000212. The molecule has 1 saturated heterocycles. The number of hydrogen-bond donors (Lipinski definition) is 6. The lowest BCUT2D eigenvalue weighted by Gasteiger charge is -2.62. The number of phenols is 1. The zero-order chi connectivity index (χ0) is 27.3. The second-order valence-corrected chi connectivity index (χ2v) is 10.0. The predicted molar refractivity (Wildman–Crippen MR) is 124 cm³/mol. The van der Waals surface area contributed by atoms with Crippen LogP contribution in [0.4, 0.5) is 0 Å². The van der Waals surface area contributed by atoms with Crippen LogP contribution >= 0.6 is 0 Å². The number of benzene rings is 1. The summed E-state index contributed by atoms with van der Waals surface area (Å²) in [6.07, 6.45) is 1.06. The first-order valence-electron chi connectivity index (χ1n) is 11.8. The largest absolute Gasteiger partial charge is 0.504 e. The number of hydrogen-bond acceptors (Lipinski definition) is 9. The number of carboxylic acid groups (broad SMARTS) is 3. The monoisotopic (exact) mass is 519 g/mol. The molecule has 2 fully saturated rings. The number of likely N-dealkylation sites (tertiary alicyclic amines) is 1. The quantitative estimate of drug-likeness (QED) is 0.265. The molecule has 4 aliphatic rings. The maximum atomic E-state index is 12.6. The van der Waals surface area contributed by atoms with Crippen LogP contribution in [0.5, 0.6) is 11.5 Å². The second-order valence-electron chi connectivity index (χ2n) is 10.0. The zero-order valence-corrected chi connectivity index (χ0v) is 19.9. The van der Waals surface area contributed by atoms with E-state index in [1.165, 1.54) is 0 Å². The first-order chi connectivity index (χ1) is 17.3. The van der Waals surface area contributed by atoms with Gasteiger partial charge in [0.25, 0.3) is 0 Å². The highest BCUT2D eigenvalue weighted by molar-refractivity contribution is 5.90. The van der Waals surface area contributed by atoms with Gasteiger partial charge in [-0.15, -0.1) is 6.58 Å². The first kappa shape index (κ1) is 26.6. The van der Waals surface area contributed by atoms with Crippen molar-refractivity contribution in [2.24, 2.45) is 0 Å². The van der Waals surface area contributed by atoms with Crippen LogP contribution in [0.15, 0.2) is 24.8 Å². The summed E-state index contributed by atoms with van der Waals surface area (Å²) in [6, 6.07) is 3.52. The van der Waals surface area contributed by atoms with Crippen LogP contribution in [-0.4, -0.2) is 95.7 Å². The third kappa shape index (κ3) is 3.95. The topological polar surface area (TPSA) is 202 Å². The number of carboxylic acids is 3. The van der Waals surface area contributed by atoms with Crippen LogP contribution in [-0.2, 0) is 31.0 Å². The van der Waals surface area contributed by atoms with Crippen LogP contribution in [0.3, 0.4) is 0 Å². The van der Waals surface area contributed by atoms with Gasteiger partial charge in [0.05, 0.1) is 23.9 Å². The summed E-state index contributed by atoms with van der Waals surface area (Å²) in [7, 11) is 0. The molecule has 2 bridgehead atoms. The van der Waals surface area contributed by atoms with Crippen molar-refractivity contribution in [2.45, 2.75) is 67.3 Å². The molecule has 2 heterocycles. The number of ether oxygens (including phenoxy) is 1. The zero-order valence-electron chi connectivity index (χ0n) is 19.9. The number of nitrogens with zero attached hydrogens (tertiary/aromatic N) is 1. The molecule has 1 saturated carbocycles. The summed E-state index contributed by atoms with van der Waals surface area (Å²) in [5, 5.41) is 55.9. The van der Waals surface area contributed by atoms with Gasteiger partial charge in [-0.05, 0) is 30.9 Å². The van der Waals surface area contributed by atoms with Crippen LogP contribution in [0, 0.1) is 0 Å². The molecule has 1 aromatic carbocycles. The highest BCUT2D eigenvalue weighted by Gasteiger charge is 2.73. The van der Waals surface area contributed by atoms with Gasteiger partial charge in [-0.1, -0.05) is 12.1 Å². The van der Waals surface area contributed by atoms with Gasteiger partial charge in [0, 0.05) is 31.1 Å². The second kappa shape index (κ2) is 9.12. The Morgan fingerprint density at radius 3 is 2.38 bits per heavy atom. The molecule has 4 atom stereocenters. The maximum absolute atomic E-state index is 12.6. The molecular weight excluding hydrogens is 490 g/mol. The van der Waals surface area contributed by atoms with Crippen molar-refractivity contribution < 1.29 is 54.6 Å². The van der Waals surface area contributed by atoms with Gasteiger partial charge in [-0.2, -0.15) is 0 Å². The smallest absolute Gasteiger partial charge is 0.336 e. The van der Waals surface area contributed by atoms with Gasteiger partial charge in [0.15, 0.2) is 29.0 Å². The molecule has 12 nitrogen and oxygen atoms in total. The molecule has 12 heteroatoms. The van der Waals surface area contributed by atoms with Gasteiger partial charge in [-0.3, -0.25) is 19.3 Å². The van der Waals surface area contributed by atoms with Gasteiger partial charge in [0.2, 0.25) is 0 Å². The van der Waals surface area contributed by atoms with E-state index >= 15 is 0 Å². The summed E-state index contributed by atoms with van der Waals surface area (Å²) in [5.41, 5.74) is -2.48. The molecule has 2 aliphatic carbocycles. The number of aliphatic carboxylic acids is 3. The number of Topliss-reactive ketones (excluding diaryl/α,β-unsaturated/α-hetero) is 1. The van der Waals surface area contributed by atoms with Crippen molar-refractivity contribution in [3.63, 3.8) is 0 Å². The highest BCUT2D eigenvalue weighted by atomic mass is 16.5. The number of carbonyl (C=O) groups excluding carboxylic acids is 1. The number of aliphatic hydroxyl groups is 2. The van der Waals surface area contributed by atoms with E-state index in [0.717, 1.165) is 24.2 Å². The van der Waals surface area contributed by atoms with E-state index in [4.69, 9.17) is 25.2 Å². The van der Waals surface area contributed by atoms with Crippen molar-refractivity contribution in [2.75, 3.05) is 13.1 Å². The molecule has 1 aromatic rings. The third-order valence-electron chi connectivity index (χ3n) is 8.02. The van der Waals surface area contributed by atoms with Crippen molar-refractivity contribution in [1.29, 1.82) is 0 Å². The van der Waals surface area contributed by atoms with Crippen molar-refractivity contribution >= 4 is 23.7 Å². The molecular formula is C25H29NO11. The molecule has 1 spiro atoms. The van der Waals surface area contributed by atoms with E-state index < -0.39 is 53.5 Å². The Kier molecular flexibility index (Phi) is 6.55. The number of ketones is 1. The fourth-order valence-corrected chi connectivity index (χ4v) is 6.51. The molecule has 6 N–H and O–H groups in total. The lowest BCUT2D eigenvalue weighted by atomic mass is 9.49. The van der Waals surface area contributed by atoms with Gasteiger partial charge < -0.3 is 35.4 Å². The molecule has 0 aromatic heterocycles. The van der Waals surface area contributed by atoms with E-state index in [-0.39, 0.29) is 17.6 Å². The molecule has 37 heavy (non-hydrogen) atoms. The molecule has 5 rings (SSSR count). The minimum absolute atomic E-state index is 0.0408. The van der Waals surface area contributed by atoms with Crippen molar-refractivity contribution in [3.05, 3.63) is 35.9 Å². The average molecular weight is 520 g/mol. The Hall–Kier alpha value is -3.48.